The van der Waals surface area contributed by atoms with Crippen molar-refractivity contribution in [3.05, 3.63) is 16.6 Å². The number of nitrogens with one attached hydrogen (secondary N) is 1. The van der Waals surface area contributed by atoms with Crippen molar-refractivity contribution < 1.29 is 0 Å². The molecule has 0 fully saturated rings. The summed E-state index contributed by atoms with van der Waals surface area (Å²) in [4.78, 5) is 5.48. The first-order chi connectivity index (χ1) is 6.22. The lowest BCUT2D eigenvalue weighted by atomic mass is 9.99. The summed E-state index contributed by atoms with van der Waals surface area (Å²) in [5, 5.41) is 3.26. The van der Waals surface area contributed by atoms with E-state index in [1.165, 1.54) is 11.3 Å². The Labute approximate surface area is 84.4 Å². The summed E-state index contributed by atoms with van der Waals surface area (Å²) in [6.45, 7) is 4.52. The Morgan fingerprint density at radius 2 is 2.31 bits per heavy atom. The number of hydrogen-bond acceptors (Lipinski definition) is 3. The molecule has 0 aliphatic heterocycles. The van der Waals surface area contributed by atoms with Crippen molar-refractivity contribution in [3.63, 3.8) is 0 Å². The normalized spacial score (nSPS) is 15.6. The van der Waals surface area contributed by atoms with Gasteiger partial charge >= 0.3 is 0 Å². The summed E-state index contributed by atoms with van der Waals surface area (Å²) in [7, 11) is 2.02. The lowest BCUT2D eigenvalue weighted by molar-refractivity contribution is 0.442. The van der Waals surface area contributed by atoms with Gasteiger partial charge in [0.15, 0.2) is 0 Å². The van der Waals surface area contributed by atoms with Crippen LogP contribution in [0.1, 0.15) is 25.1 Å². The topological polar surface area (TPSA) is 24.9 Å². The summed E-state index contributed by atoms with van der Waals surface area (Å²) >= 11 is 1.75. The number of nitrogens with zero attached hydrogens (tertiary/aromatic N) is 1. The van der Waals surface area contributed by atoms with Crippen molar-refractivity contribution >= 4 is 11.3 Å². The fraction of sp³-hybridized carbons (Fsp3) is 0.700. The van der Waals surface area contributed by atoms with Crippen LogP contribution in [0.5, 0.6) is 0 Å². The third-order valence-corrected chi connectivity index (χ3v) is 3.08. The van der Waals surface area contributed by atoms with Gasteiger partial charge in [-0.05, 0) is 32.7 Å². The third-order valence-electron chi connectivity index (χ3n) is 2.28. The van der Waals surface area contributed by atoms with E-state index in [2.05, 4.69) is 24.1 Å². The van der Waals surface area contributed by atoms with E-state index in [1.807, 2.05) is 18.8 Å². The highest BCUT2D eigenvalue weighted by molar-refractivity contribution is 7.09. The average molecular weight is 198 g/mol. The summed E-state index contributed by atoms with van der Waals surface area (Å²) in [5.41, 5.74) is 1.91. The van der Waals surface area contributed by atoms with Gasteiger partial charge in [0.25, 0.3) is 0 Å². The van der Waals surface area contributed by atoms with Gasteiger partial charge in [-0.2, -0.15) is 0 Å². The van der Waals surface area contributed by atoms with E-state index < -0.39 is 0 Å². The van der Waals surface area contributed by atoms with Crippen LogP contribution in [0.3, 0.4) is 0 Å². The van der Waals surface area contributed by atoms with E-state index in [9.17, 15) is 0 Å². The maximum Gasteiger partial charge on any atom is 0.0794 e. The Hall–Kier alpha value is -0.410. The molecule has 0 amide bonds. The van der Waals surface area contributed by atoms with Crippen LogP contribution in [-0.4, -0.2) is 18.1 Å². The zero-order valence-corrected chi connectivity index (χ0v) is 9.40. The predicted molar refractivity (Wildman–Crippen MR) is 58.1 cm³/mol. The van der Waals surface area contributed by atoms with Crippen LogP contribution < -0.4 is 5.32 Å². The molecule has 0 aromatic carbocycles. The Bertz CT molecular complexity index is 221. The van der Waals surface area contributed by atoms with Crippen molar-refractivity contribution in [3.8, 4) is 0 Å². The second kappa shape index (κ2) is 5.35. The van der Waals surface area contributed by atoms with Crippen molar-refractivity contribution in [1.82, 2.24) is 10.3 Å². The highest BCUT2D eigenvalue weighted by Crippen LogP contribution is 2.16. The van der Waals surface area contributed by atoms with Gasteiger partial charge in [0, 0.05) is 17.1 Å². The van der Waals surface area contributed by atoms with Crippen LogP contribution >= 0.6 is 11.3 Å². The van der Waals surface area contributed by atoms with Crippen LogP contribution in [0, 0.1) is 5.92 Å². The fourth-order valence-electron chi connectivity index (χ4n) is 1.49. The predicted octanol–water partition coefficient (Wildman–Crippen LogP) is 2.32. The van der Waals surface area contributed by atoms with E-state index in [1.54, 1.807) is 11.3 Å². The molecule has 0 saturated carbocycles. The van der Waals surface area contributed by atoms with Crippen LogP contribution in [-0.2, 0) is 6.42 Å². The molecule has 2 atom stereocenters. The van der Waals surface area contributed by atoms with Crippen molar-refractivity contribution in [2.75, 3.05) is 7.05 Å². The van der Waals surface area contributed by atoms with Gasteiger partial charge < -0.3 is 5.32 Å². The molecule has 0 spiro atoms. The monoisotopic (exact) mass is 198 g/mol. The van der Waals surface area contributed by atoms with E-state index in [0.717, 1.165) is 12.3 Å². The molecule has 13 heavy (non-hydrogen) atoms. The SMILES string of the molecule is CNC(C)CC(C)Cc1cncs1. The van der Waals surface area contributed by atoms with Gasteiger partial charge in [-0.25, -0.2) is 0 Å². The quantitative estimate of drug-likeness (QED) is 0.785. The Balaban J connectivity index is 2.29. The molecule has 0 radical (unpaired) electrons. The standard InChI is InChI=1S/C10H18N2S/c1-8(4-9(2)11-3)5-10-6-12-7-13-10/h6-9,11H,4-5H2,1-3H3. The maximum atomic E-state index is 4.08. The Kier molecular flexibility index (Phi) is 4.39. The minimum Gasteiger partial charge on any atom is -0.317 e. The average Bonchev–Trinajstić information content (AvgIpc) is 2.56. The number of thiazole rings is 1. The first-order valence-electron chi connectivity index (χ1n) is 4.77. The summed E-state index contributed by atoms with van der Waals surface area (Å²) in [6.07, 6.45) is 4.37. The minimum atomic E-state index is 0.614. The van der Waals surface area contributed by atoms with Gasteiger partial charge in [-0.3, -0.25) is 4.98 Å². The first-order valence-corrected chi connectivity index (χ1v) is 5.65. The molecular weight excluding hydrogens is 180 g/mol. The third kappa shape index (κ3) is 3.87. The van der Waals surface area contributed by atoms with Gasteiger partial charge in [0.2, 0.25) is 0 Å². The molecule has 0 aliphatic carbocycles. The van der Waals surface area contributed by atoms with E-state index >= 15 is 0 Å². The van der Waals surface area contributed by atoms with Gasteiger partial charge in [-0.15, -0.1) is 11.3 Å². The number of hydrogen-bond donors (Lipinski definition) is 1. The van der Waals surface area contributed by atoms with Crippen molar-refractivity contribution in [2.24, 2.45) is 5.92 Å². The highest BCUT2D eigenvalue weighted by atomic mass is 32.1. The van der Waals surface area contributed by atoms with Crippen molar-refractivity contribution in [2.45, 2.75) is 32.7 Å². The molecule has 1 N–H and O–H groups in total. The lowest BCUT2D eigenvalue weighted by Gasteiger charge is -2.15. The molecule has 1 rings (SSSR count). The fourth-order valence-corrected chi connectivity index (χ4v) is 2.25. The largest absolute Gasteiger partial charge is 0.317 e. The molecule has 0 saturated heterocycles. The van der Waals surface area contributed by atoms with Crippen LogP contribution in [0.2, 0.25) is 0 Å². The van der Waals surface area contributed by atoms with Crippen LogP contribution in [0.15, 0.2) is 11.7 Å². The highest BCUT2D eigenvalue weighted by Gasteiger charge is 2.08. The molecule has 2 unspecified atom stereocenters. The maximum absolute atomic E-state index is 4.08. The molecule has 74 valence electrons. The second-order valence-electron chi connectivity index (χ2n) is 3.70. The van der Waals surface area contributed by atoms with Gasteiger partial charge in [-0.1, -0.05) is 6.92 Å². The van der Waals surface area contributed by atoms with E-state index in [4.69, 9.17) is 0 Å². The van der Waals surface area contributed by atoms with Crippen LogP contribution in [0.25, 0.3) is 0 Å². The zero-order valence-electron chi connectivity index (χ0n) is 8.58. The second-order valence-corrected chi connectivity index (χ2v) is 4.67. The van der Waals surface area contributed by atoms with E-state index in [-0.39, 0.29) is 0 Å². The van der Waals surface area contributed by atoms with E-state index in [0.29, 0.717) is 6.04 Å². The Morgan fingerprint density at radius 1 is 1.54 bits per heavy atom. The summed E-state index contributed by atoms with van der Waals surface area (Å²) in [6, 6.07) is 0.614. The Morgan fingerprint density at radius 3 is 2.85 bits per heavy atom. The molecule has 1 aromatic heterocycles. The molecule has 1 aromatic rings. The van der Waals surface area contributed by atoms with Gasteiger partial charge in [0.05, 0.1) is 5.51 Å². The summed E-state index contributed by atoms with van der Waals surface area (Å²) < 4.78 is 0. The van der Waals surface area contributed by atoms with Crippen LogP contribution in [0.4, 0.5) is 0 Å². The molecular formula is C10H18N2S. The smallest absolute Gasteiger partial charge is 0.0794 e. The molecule has 2 nitrogen and oxygen atoms in total. The first kappa shape index (κ1) is 10.7. The van der Waals surface area contributed by atoms with Gasteiger partial charge in [0.1, 0.15) is 0 Å². The molecule has 1 heterocycles. The summed E-state index contributed by atoms with van der Waals surface area (Å²) in [5.74, 6) is 0.739. The van der Waals surface area contributed by atoms with Crippen molar-refractivity contribution in [1.29, 1.82) is 0 Å². The molecule has 3 heteroatoms. The number of aromatic nitrogens is 1. The molecule has 0 aliphatic rings. The zero-order chi connectivity index (χ0) is 9.68. The number of rotatable bonds is 5. The molecule has 0 bridgehead atoms. The lowest BCUT2D eigenvalue weighted by Crippen LogP contribution is -2.24. The minimum absolute atomic E-state index is 0.614.